The number of nitrogens with zero attached hydrogens (tertiary/aromatic N) is 2. The van der Waals surface area contributed by atoms with Crippen molar-refractivity contribution >= 4 is 51.4 Å². The summed E-state index contributed by atoms with van der Waals surface area (Å²) in [6.07, 6.45) is 0. The van der Waals surface area contributed by atoms with Crippen LogP contribution in [-0.2, 0) is 0 Å². The minimum absolute atomic E-state index is 0.407. The molecule has 0 saturated heterocycles. The molecule has 2 heterocycles. The molecular weight excluding hydrogens is 395 g/mol. The second-order valence-corrected chi connectivity index (χ2v) is 6.12. The molecule has 3 rings (SSSR count). The molecule has 2 aromatic rings. The van der Waals surface area contributed by atoms with E-state index in [1.165, 1.54) is 0 Å². The average Bonchev–Trinajstić information content (AvgIpc) is 2.66. The Morgan fingerprint density at radius 2 is 2.05 bits per heavy atom. The van der Waals surface area contributed by atoms with Crippen LogP contribution in [0.15, 0.2) is 27.8 Å². The van der Waals surface area contributed by atoms with Gasteiger partial charge in [0.05, 0.1) is 17.4 Å². The molecule has 0 bridgehead atoms. The quantitative estimate of drug-likeness (QED) is 0.712. The number of aromatic nitrogens is 2. The number of benzene rings is 1. The zero-order chi connectivity index (χ0) is 14.4. The Morgan fingerprint density at radius 3 is 2.75 bits per heavy atom. The number of hydrogen-bond acceptors (Lipinski definition) is 4. The number of rotatable bonds is 1. The summed E-state index contributed by atoms with van der Waals surface area (Å²) in [4.78, 5) is 31.8. The van der Waals surface area contributed by atoms with Crippen LogP contribution in [-0.4, -0.2) is 23.7 Å². The Labute approximate surface area is 132 Å². The summed E-state index contributed by atoms with van der Waals surface area (Å²) in [6.45, 7) is 0.443. The largest absolute Gasteiger partial charge is 0.349 e. The molecule has 1 aliphatic heterocycles. The van der Waals surface area contributed by atoms with Gasteiger partial charge >= 0.3 is 5.69 Å². The van der Waals surface area contributed by atoms with Crippen molar-refractivity contribution < 1.29 is 0 Å². The molecule has 8 heteroatoms. The van der Waals surface area contributed by atoms with Gasteiger partial charge in [-0.3, -0.25) is 14.8 Å². The number of H-pyrrole nitrogens is 2. The Bertz CT molecular complexity index is 801. The summed E-state index contributed by atoms with van der Waals surface area (Å²) in [6, 6.07) is 5.62. The first kappa shape index (κ1) is 13.5. The third-order valence-electron chi connectivity index (χ3n) is 3.10. The first-order valence-electron chi connectivity index (χ1n) is 5.77. The monoisotopic (exact) mass is 404 g/mol. The van der Waals surface area contributed by atoms with Gasteiger partial charge in [-0.25, -0.2) is 4.79 Å². The van der Waals surface area contributed by atoms with E-state index in [2.05, 4.69) is 32.6 Å². The van der Waals surface area contributed by atoms with E-state index >= 15 is 0 Å². The molecule has 0 atom stereocenters. The molecule has 0 aliphatic carbocycles. The normalized spacial score (nSPS) is 13.8. The number of aromatic amines is 2. The van der Waals surface area contributed by atoms with Crippen LogP contribution in [0.1, 0.15) is 0 Å². The molecule has 0 spiro atoms. The predicted molar refractivity (Wildman–Crippen MR) is 87.3 cm³/mol. The van der Waals surface area contributed by atoms with Crippen molar-refractivity contribution in [2.45, 2.75) is 0 Å². The summed E-state index contributed by atoms with van der Waals surface area (Å²) in [7, 11) is 1.78. The van der Waals surface area contributed by atoms with E-state index < -0.39 is 11.2 Å². The fraction of sp³-hybridized carbons (Fsp3) is 0.167. The minimum Gasteiger partial charge on any atom is -0.349 e. The van der Waals surface area contributed by atoms with Crippen LogP contribution in [0.25, 0.3) is 0 Å². The number of anilines is 3. The van der Waals surface area contributed by atoms with Crippen LogP contribution in [0.3, 0.4) is 0 Å². The number of halogens is 2. The van der Waals surface area contributed by atoms with Gasteiger partial charge in [0.2, 0.25) is 0 Å². The topological polar surface area (TPSA) is 72.2 Å². The molecular formula is C12H10ClIN4O2. The van der Waals surface area contributed by atoms with E-state index in [-0.39, 0.29) is 0 Å². The van der Waals surface area contributed by atoms with Gasteiger partial charge in [-0.1, -0.05) is 11.6 Å². The van der Waals surface area contributed by atoms with Gasteiger partial charge in [0.15, 0.2) is 0 Å². The predicted octanol–water partition coefficient (Wildman–Crippen LogP) is 1.87. The second-order valence-electron chi connectivity index (χ2n) is 4.47. The lowest BCUT2D eigenvalue weighted by Gasteiger charge is -2.20. The fourth-order valence-electron chi connectivity index (χ4n) is 2.27. The van der Waals surface area contributed by atoms with Crippen LogP contribution in [0, 0.1) is 3.57 Å². The van der Waals surface area contributed by atoms with E-state index in [1.54, 1.807) is 11.9 Å². The van der Waals surface area contributed by atoms with E-state index in [9.17, 15) is 9.59 Å². The Balaban J connectivity index is 2.21. The van der Waals surface area contributed by atoms with Crippen molar-refractivity contribution in [3.8, 4) is 0 Å². The SMILES string of the molecule is CN1CN(c2ccc(I)cc2Cl)c2[nH]c(=O)[nH]c(=O)c21. The molecule has 1 aromatic carbocycles. The maximum absolute atomic E-state index is 11.9. The van der Waals surface area contributed by atoms with Gasteiger partial charge in [-0.15, -0.1) is 0 Å². The first-order chi connectivity index (χ1) is 9.47. The second kappa shape index (κ2) is 4.81. The highest BCUT2D eigenvalue weighted by Gasteiger charge is 2.29. The van der Waals surface area contributed by atoms with Gasteiger partial charge in [-0.05, 0) is 40.8 Å². The molecule has 0 fully saturated rings. The van der Waals surface area contributed by atoms with Crippen molar-refractivity contribution in [2.75, 3.05) is 23.5 Å². The molecule has 2 N–H and O–H groups in total. The van der Waals surface area contributed by atoms with Crippen LogP contribution in [0.4, 0.5) is 17.2 Å². The van der Waals surface area contributed by atoms with Gasteiger partial charge in [0.1, 0.15) is 11.5 Å². The van der Waals surface area contributed by atoms with E-state index in [1.807, 2.05) is 23.1 Å². The van der Waals surface area contributed by atoms with Crippen LogP contribution < -0.4 is 21.0 Å². The molecule has 20 heavy (non-hydrogen) atoms. The zero-order valence-corrected chi connectivity index (χ0v) is 13.3. The molecule has 1 aliphatic rings. The summed E-state index contributed by atoms with van der Waals surface area (Å²) >= 11 is 8.43. The lowest BCUT2D eigenvalue weighted by atomic mass is 10.3. The van der Waals surface area contributed by atoms with Gasteiger partial charge in [0, 0.05) is 10.6 Å². The van der Waals surface area contributed by atoms with Gasteiger partial charge in [-0.2, -0.15) is 0 Å². The lowest BCUT2D eigenvalue weighted by Crippen LogP contribution is -2.27. The third-order valence-corrected chi connectivity index (χ3v) is 4.08. The Hall–Kier alpha value is -1.48. The maximum Gasteiger partial charge on any atom is 0.327 e. The van der Waals surface area contributed by atoms with Gasteiger partial charge in [0.25, 0.3) is 5.56 Å². The summed E-state index contributed by atoms with van der Waals surface area (Å²) in [5.41, 5.74) is 0.240. The van der Waals surface area contributed by atoms with E-state index in [0.717, 1.165) is 9.26 Å². The highest BCUT2D eigenvalue weighted by Crippen LogP contribution is 2.38. The number of fused-ring (bicyclic) bond motifs is 1. The lowest BCUT2D eigenvalue weighted by molar-refractivity contribution is 0.941. The Morgan fingerprint density at radius 1 is 1.30 bits per heavy atom. The first-order valence-corrected chi connectivity index (χ1v) is 7.23. The smallest absolute Gasteiger partial charge is 0.327 e. The summed E-state index contributed by atoms with van der Waals surface area (Å²) < 4.78 is 1.02. The molecule has 0 amide bonds. The standard InChI is InChI=1S/C12H10ClIN4O2/c1-17-5-18(8-3-2-6(14)4-7(8)13)10-9(17)11(19)16-12(20)15-10/h2-4H,5H2,1H3,(H2,15,16,19,20). The van der Waals surface area contributed by atoms with E-state index in [4.69, 9.17) is 11.6 Å². The maximum atomic E-state index is 11.9. The fourth-order valence-corrected chi connectivity index (χ4v) is 3.23. The summed E-state index contributed by atoms with van der Waals surface area (Å²) in [5, 5.41) is 0.569. The van der Waals surface area contributed by atoms with E-state index in [0.29, 0.717) is 23.2 Å². The minimum atomic E-state index is -0.532. The molecule has 0 saturated carbocycles. The van der Waals surface area contributed by atoms with Crippen molar-refractivity contribution in [1.29, 1.82) is 0 Å². The Kier molecular flexibility index (Phi) is 3.25. The zero-order valence-electron chi connectivity index (χ0n) is 10.4. The van der Waals surface area contributed by atoms with Crippen LogP contribution in [0.2, 0.25) is 5.02 Å². The molecule has 0 radical (unpaired) electrons. The average molecular weight is 405 g/mol. The summed E-state index contributed by atoms with van der Waals surface area (Å²) in [5.74, 6) is 0.462. The highest BCUT2D eigenvalue weighted by atomic mass is 127. The number of hydrogen-bond donors (Lipinski definition) is 2. The van der Waals surface area contributed by atoms with Crippen molar-refractivity contribution in [3.05, 3.63) is 47.6 Å². The van der Waals surface area contributed by atoms with Gasteiger partial charge < -0.3 is 9.80 Å². The highest BCUT2D eigenvalue weighted by molar-refractivity contribution is 14.1. The molecule has 104 valence electrons. The van der Waals surface area contributed by atoms with Crippen molar-refractivity contribution in [1.82, 2.24) is 9.97 Å². The molecule has 0 unspecified atom stereocenters. The number of nitrogens with one attached hydrogen (secondary N) is 2. The van der Waals surface area contributed by atoms with Crippen LogP contribution >= 0.6 is 34.2 Å². The molecule has 1 aromatic heterocycles. The third kappa shape index (κ3) is 2.10. The molecule has 6 nitrogen and oxygen atoms in total. The van der Waals surface area contributed by atoms with Crippen molar-refractivity contribution in [2.24, 2.45) is 0 Å². The van der Waals surface area contributed by atoms with Crippen LogP contribution in [0.5, 0.6) is 0 Å². The van der Waals surface area contributed by atoms with Crippen molar-refractivity contribution in [3.63, 3.8) is 0 Å².